The van der Waals surface area contributed by atoms with Gasteiger partial charge in [-0.05, 0) is 35.6 Å². The third kappa shape index (κ3) is 5.18. The van der Waals surface area contributed by atoms with Crippen molar-refractivity contribution in [1.82, 2.24) is 14.7 Å². The normalized spacial score (nSPS) is 19.1. The molecule has 2 aliphatic heterocycles. The van der Waals surface area contributed by atoms with Gasteiger partial charge in [0.25, 0.3) is 0 Å². The number of benzene rings is 4. The maximum absolute atomic E-state index is 14.1. The van der Waals surface area contributed by atoms with Crippen molar-refractivity contribution in [1.29, 1.82) is 0 Å². The average Bonchev–Trinajstić information content (AvgIpc) is 3.35. The van der Waals surface area contributed by atoms with Gasteiger partial charge in [0.2, 0.25) is 11.8 Å². The Labute approximate surface area is 243 Å². The second-order valence-electron chi connectivity index (χ2n) is 11.3. The second kappa shape index (κ2) is 11.7. The Morgan fingerprint density at radius 3 is 1.71 bits per heavy atom. The van der Waals surface area contributed by atoms with Crippen LogP contribution in [0.15, 0.2) is 121 Å². The van der Waals surface area contributed by atoms with Gasteiger partial charge in [-0.3, -0.25) is 14.5 Å². The Morgan fingerprint density at radius 1 is 0.732 bits per heavy atom. The van der Waals surface area contributed by atoms with Crippen LogP contribution in [0.1, 0.15) is 41.6 Å². The van der Waals surface area contributed by atoms with Crippen LogP contribution in [0.2, 0.25) is 0 Å². The Bertz CT molecular complexity index is 1380. The van der Waals surface area contributed by atoms with Crippen LogP contribution in [0, 0.1) is 0 Å². The molecule has 0 spiro atoms. The van der Waals surface area contributed by atoms with Crippen LogP contribution in [0.4, 0.5) is 0 Å². The summed E-state index contributed by atoms with van der Waals surface area (Å²) in [5, 5.41) is 0. The number of hydrogen-bond acceptors (Lipinski definition) is 3. The summed E-state index contributed by atoms with van der Waals surface area (Å²) in [6.45, 7) is 4.99. The second-order valence-corrected chi connectivity index (χ2v) is 11.3. The van der Waals surface area contributed by atoms with E-state index >= 15 is 0 Å². The summed E-state index contributed by atoms with van der Waals surface area (Å²) in [6.07, 6.45) is 0.659. The highest BCUT2D eigenvalue weighted by Crippen LogP contribution is 2.42. The fourth-order valence-corrected chi connectivity index (χ4v) is 6.81. The summed E-state index contributed by atoms with van der Waals surface area (Å²) in [5.74, 6) is 0.0427. The molecule has 2 amide bonds. The van der Waals surface area contributed by atoms with Crippen molar-refractivity contribution in [2.45, 2.75) is 30.8 Å². The Morgan fingerprint density at radius 2 is 1.22 bits per heavy atom. The molecular weight excluding hydrogens is 506 g/mol. The lowest BCUT2D eigenvalue weighted by Crippen LogP contribution is -2.56. The van der Waals surface area contributed by atoms with E-state index in [1.807, 2.05) is 65.6 Å². The molecule has 0 radical (unpaired) electrons. The lowest BCUT2D eigenvalue weighted by molar-refractivity contribution is -0.142. The van der Waals surface area contributed by atoms with Crippen LogP contribution in [0.3, 0.4) is 0 Å². The molecule has 0 N–H and O–H groups in total. The van der Waals surface area contributed by atoms with Crippen LogP contribution in [-0.4, -0.2) is 65.3 Å². The van der Waals surface area contributed by atoms with E-state index in [1.54, 1.807) is 4.90 Å². The number of rotatable bonds is 7. The largest absolute Gasteiger partial charge is 0.336 e. The molecule has 0 saturated carbocycles. The number of carbonyl (C=O) groups excluding carboxylic acids is 2. The molecule has 6 rings (SSSR count). The fraction of sp³-hybridized carbons (Fsp3) is 0.278. The van der Waals surface area contributed by atoms with Crippen molar-refractivity contribution < 1.29 is 9.59 Å². The Hall–Kier alpha value is -4.22. The smallest absolute Gasteiger partial charge is 0.242 e. The van der Waals surface area contributed by atoms with Crippen molar-refractivity contribution in [3.8, 4) is 0 Å². The van der Waals surface area contributed by atoms with Gasteiger partial charge in [-0.15, -0.1) is 0 Å². The van der Waals surface area contributed by atoms with E-state index in [2.05, 4.69) is 72.5 Å². The number of likely N-dealkylation sites (tertiary alicyclic amines) is 1. The molecule has 2 heterocycles. The third-order valence-corrected chi connectivity index (χ3v) is 8.84. The monoisotopic (exact) mass is 543 g/mol. The molecule has 2 saturated heterocycles. The summed E-state index contributed by atoms with van der Waals surface area (Å²) in [5.41, 5.74) is 3.73. The topological polar surface area (TPSA) is 43.9 Å². The molecular formula is C36H37N3O2. The van der Waals surface area contributed by atoms with Crippen molar-refractivity contribution in [2.24, 2.45) is 0 Å². The predicted molar refractivity (Wildman–Crippen MR) is 162 cm³/mol. The standard InChI is InChI=1S/C36H37N3O2/c1-28-26-37(34(29-14-6-2-7-15-29)30-16-8-3-9-17-30)24-25-39(28)33(40)27-38-23-22-36(35(38)41,31-18-10-4-11-19-31)32-20-12-5-13-21-32/h2-21,28,34H,22-27H2,1H3. The van der Waals surface area contributed by atoms with Gasteiger partial charge >= 0.3 is 0 Å². The highest BCUT2D eigenvalue weighted by atomic mass is 16.2. The third-order valence-electron chi connectivity index (χ3n) is 8.84. The van der Waals surface area contributed by atoms with Crippen LogP contribution in [-0.2, 0) is 15.0 Å². The first-order chi connectivity index (χ1) is 20.1. The first-order valence-electron chi connectivity index (χ1n) is 14.6. The van der Waals surface area contributed by atoms with Crippen LogP contribution >= 0.6 is 0 Å². The summed E-state index contributed by atoms with van der Waals surface area (Å²) < 4.78 is 0. The number of piperazine rings is 1. The molecule has 0 bridgehead atoms. The van der Waals surface area contributed by atoms with Gasteiger partial charge < -0.3 is 9.80 Å². The summed E-state index contributed by atoms with van der Waals surface area (Å²) in [7, 11) is 0. The molecule has 41 heavy (non-hydrogen) atoms. The van der Waals surface area contributed by atoms with Gasteiger partial charge in [-0.1, -0.05) is 121 Å². The molecule has 0 aliphatic carbocycles. The fourth-order valence-electron chi connectivity index (χ4n) is 6.81. The minimum atomic E-state index is -0.758. The number of hydrogen-bond donors (Lipinski definition) is 0. The lowest BCUT2D eigenvalue weighted by Gasteiger charge is -2.44. The maximum atomic E-state index is 14.1. The lowest BCUT2D eigenvalue weighted by atomic mass is 9.73. The van der Waals surface area contributed by atoms with Crippen LogP contribution in [0.5, 0.6) is 0 Å². The molecule has 5 heteroatoms. The Kier molecular flexibility index (Phi) is 7.71. The molecule has 0 aromatic heterocycles. The van der Waals surface area contributed by atoms with E-state index < -0.39 is 5.41 Å². The molecule has 1 atom stereocenters. The van der Waals surface area contributed by atoms with Crippen molar-refractivity contribution in [3.05, 3.63) is 144 Å². The highest BCUT2D eigenvalue weighted by Gasteiger charge is 2.50. The Balaban J connectivity index is 1.18. The van der Waals surface area contributed by atoms with Crippen LogP contribution < -0.4 is 0 Å². The SMILES string of the molecule is CC1CN(C(c2ccccc2)c2ccccc2)CCN1C(=O)CN1CCC(c2ccccc2)(c2ccccc2)C1=O. The van der Waals surface area contributed by atoms with E-state index in [-0.39, 0.29) is 30.4 Å². The predicted octanol–water partition coefficient (Wildman–Crippen LogP) is 5.53. The molecule has 4 aromatic rings. The van der Waals surface area contributed by atoms with Crippen molar-refractivity contribution >= 4 is 11.8 Å². The van der Waals surface area contributed by atoms with Crippen molar-refractivity contribution in [3.63, 3.8) is 0 Å². The molecule has 5 nitrogen and oxygen atoms in total. The highest BCUT2D eigenvalue weighted by molar-refractivity contribution is 5.96. The summed E-state index contributed by atoms with van der Waals surface area (Å²) in [6, 6.07) is 41.4. The van der Waals surface area contributed by atoms with Gasteiger partial charge in [0.1, 0.15) is 5.41 Å². The van der Waals surface area contributed by atoms with E-state index in [4.69, 9.17) is 0 Å². The van der Waals surface area contributed by atoms with Gasteiger partial charge in [-0.25, -0.2) is 0 Å². The minimum Gasteiger partial charge on any atom is -0.336 e. The van der Waals surface area contributed by atoms with E-state index in [0.717, 1.165) is 24.2 Å². The quantitative estimate of drug-likeness (QED) is 0.308. The zero-order valence-corrected chi connectivity index (χ0v) is 23.6. The van der Waals surface area contributed by atoms with E-state index in [0.29, 0.717) is 19.5 Å². The minimum absolute atomic E-state index is 0.0164. The first kappa shape index (κ1) is 27.0. The van der Waals surface area contributed by atoms with Gasteiger partial charge in [0.15, 0.2) is 0 Å². The van der Waals surface area contributed by atoms with E-state index in [9.17, 15) is 9.59 Å². The zero-order chi connectivity index (χ0) is 28.2. The average molecular weight is 544 g/mol. The van der Waals surface area contributed by atoms with Crippen molar-refractivity contribution in [2.75, 3.05) is 32.7 Å². The number of amides is 2. The number of carbonyl (C=O) groups is 2. The van der Waals surface area contributed by atoms with Crippen LogP contribution in [0.25, 0.3) is 0 Å². The first-order valence-corrected chi connectivity index (χ1v) is 14.6. The van der Waals surface area contributed by atoms with Gasteiger partial charge in [0.05, 0.1) is 12.6 Å². The molecule has 1 unspecified atom stereocenters. The van der Waals surface area contributed by atoms with Gasteiger partial charge in [-0.2, -0.15) is 0 Å². The summed E-state index contributed by atoms with van der Waals surface area (Å²) in [4.78, 5) is 34.1. The summed E-state index contributed by atoms with van der Waals surface area (Å²) >= 11 is 0. The zero-order valence-electron chi connectivity index (χ0n) is 23.6. The maximum Gasteiger partial charge on any atom is 0.242 e. The molecule has 2 fully saturated rings. The number of nitrogens with zero attached hydrogens (tertiary/aromatic N) is 3. The molecule has 2 aliphatic rings. The molecule has 4 aromatic carbocycles. The molecule has 208 valence electrons. The van der Waals surface area contributed by atoms with Gasteiger partial charge in [0, 0.05) is 32.2 Å². The van der Waals surface area contributed by atoms with E-state index in [1.165, 1.54) is 11.1 Å².